The minimum Gasteiger partial charge on any atom is -0.350 e. The number of rotatable bonds is 3. The highest BCUT2D eigenvalue weighted by Gasteiger charge is 2.38. The van der Waals surface area contributed by atoms with Crippen molar-refractivity contribution in [3.63, 3.8) is 0 Å². The largest absolute Gasteiger partial charge is 0.408 e. The summed E-state index contributed by atoms with van der Waals surface area (Å²) in [6.45, 7) is 1.15. The number of nitrogens with zero attached hydrogens (tertiary/aromatic N) is 3. The Morgan fingerprint density at radius 3 is 2.68 bits per heavy atom. The zero-order valence-electron chi connectivity index (χ0n) is 16.1. The van der Waals surface area contributed by atoms with Crippen molar-refractivity contribution in [2.45, 2.75) is 32.2 Å². The van der Waals surface area contributed by atoms with Crippen molar-refractivity contribution in [3.8, 4) is 0 Å². The van der Waals surface area contributed by atoms with Crippen LogP contribution in [0.4, 0.5) is 22.0 Å². The van der Waals surface area contributed by atoms with Crippen LogP contribution >= 0.6 is 0 Å². The van der Waals surface area contributed by atoms with E-state index in [0.717, 1.165) is 19.2 Å². The number of hydrogen-bond acceptors (Lipinski definition) is 3. The molecule has 1 atom stereocenters. The summed E-state index contributed by atoms with van der Waals surface area (Å²) in [5, 5.41) is 5.80. The van der Waals surface area contributed by atoms with Gasteiger partial charge in [0.15, 0.2) is 11.6 Å². The molecule has 0 fully saturated rings. The topological polar surface area (TPSA) is 83.0 Å². The molecule has 0 saturated carbocycles. The second-order valence-corrected chi connectivity index (χ2v) is 7.20. The fourth-order valence-electron chi connectivity index (χ4n) is 3.39. The second kappa shape index (κ2) is 7.36. The zero-order chi connectivity index (χ0) is 22.5. The molecule has 7 nitrogen and oxygen atoms in total. The Bertz CT molecular complexity index is 1180. The highest BCUT2D eigenvalue weighted by Crippen LogP contribution is 2.25. The van der Waals surface area contributed by atoms with E-state index in [0.29, 0.717) is 0 Å². The molecular weight excluding hydrogens is 425 g/mol. The molecule has 0 unspecified atom stereocenters. The summed E-state index contributed by atoms with van der Waals surface area (Å²) in [7, 11) is 0. The minimum atomic E-state index is -4.60. The first kappa shape index (κ1) is 20.8. The number of H-pyrrole nitrogens is 1. The lowest BCUT2D eigenvalue weighted by atomic mass is 10.1. The summed E-state index contributed by atoms with van der Waals surface area (Å²) in [6.07, 6.45) is -3.45. The van der Waals surface area contributed by atoms with Gasteiger partial charge < -0.3 is 15.2 Å². The average molecular weight is 441 g/mol. The Hall–Kier alpha value is -3.44. The monoisotopic (exact) mass is 441 g/mol. The average Bonchev–Trinajstić information content (AvgIpc) is 3.33. The number of alkyl halides is 3. The van der Waals surface area contributed by atoms with Gasteiger partial charge in [-0.25, -0.2) is 8.78 Å². The lowest BCUT2D eigenvalue weighted by Crippen LogP contribution is -2.44. The Morgan fingerprint density at radius 1 is 1.23 bits per heavy atom. The van der Waals surface area contributed by atoms with Gasteiger partial charge in [-0.3, -0.25) is 14.3 Å². The van der Waals surface area contributed by atoms with Gasteiger partial charge in [0.05, 0.1) is 30.5 Å². The van der Waals surface area contributed by atoms with Crippen molar-refractivity contribution >= 4 is 22.7 Å². The number of amides is 2. The molecule has 0 bridgehead atoms. The van der Waals surface area contributed by atoms with Gasteiger partial charge in [0.25, 0.3) is 11.8 Å². The number of nitrogens with one attached hydrogen (secondary N) is 2. The standard InChI is InChI=1S/C19H16F5N5O2/c1-9(19(22,23)24)26-17(30)11-7-25-29-5-4-28(8-15(11)29)18(31)14-6-10-13(27-14)3-2-12(20)16(10)21/h2-3,6-7,9,27H,4-5,8H2,1H3,(H,26,30)/t9-/m1/s1. The number of aromatic amines is 1. The van der Waals surface area contributed by atoms with Gasteiger partial charge in [-0.2, -0.15) is 18.3 Å². The van der Waals surface area contributed by atoms with Crippen LogP contribution in [0, 0.1) is 11.6 Å². The fraction of sp³-hybridized carbons (Fsp3) is 0.316. The van der Waals surface area contributed by atoms with Crippen LogP contribution in [0.5, 0.6) is 0 Å². The Kier molecular flexibility index (Phi) is 4.94. The van der Waals surface area contributed by atoms with E-state index in [-0.39, 0.29) is 47.5 Å². The molecule has 31 heavy (non-hydrogen) atoms. The SMILES string of the molecule is C[C@@H](NC(=O)c1cnn2c1CN(C(=O)c1cc3c(F)c(F)ccc3[nH]1)CC2)C(F)(F)F. The molecule has 1 aliphatic rings. The molecule has 0 radical (unpaired) electrons. The molecule has 0 saturated heterocycles. The van der Waals surface area contributed by atoms with E-state index < -0.39 is 35.7 Å². The molecule has 2 aromatic heterocycles. The van der Waals surface area contributed by atoms with Crippen molar-refractivity contribution in [1.82, 2.24) is 25.0 Å². The van der Waals surface area contributed by atoms with Crippen LogP contribution in [0.3, 0.4) is 0 Å². The zero-order valence-corrected chi connectivity index (χ0v) is 16.1. The summed E-state index contributed by atoms with van der Waals surface area (Å²) in [4.78, 5) is 29.3. The van der Waals surface area contributed by atoms with Crippen molar-refractivity contribution in [2.75, 3.05) is 6.54 Å². The van der Waals surface area contributed by atoms with Gasteiger partial charge >= 0.3 is 6.18 Å². The predicted molar refractivity (Wildman–Crippen MR) is 98.2 cm³/mol. The summed E-state index contributed by atoms with van der Waals surface area (Å²) >= 11 is 0. The Labute approximate surface area is 171 Å². The normalized spacial score (nSPS) is 15.1. The van der Waals surface area contributed by atoms with E-state index in [4.69, 9.17) is 0 Å². The molecule has 0 aliphatic carbocycles. The maximum Gasteiger partial charge on any atom is 0.408 e. The summed E-state index contributed by atoms with van der Waals surface area (Å²) in [5.74, 6) is -3.61. The first-order valence-electron chi connectivity index (χ1n) is 9.24. The van der Waals surface area contributed by atoms with E-state index >= 15 is 0 Å². The van der Waals surface area contributed by atoms with E-state index in [9.17, 15) is 31.5 Å². The Balaban J connectivity index is 1.56. The molecule has 1 aromatic carbocycles. The first-order chi connectivity index (χ1) is 14.6. The number of hydrogen-bond donors (Lipinski definition) is 2. The van der Waals surface area contributed by atoms with Crippen molar-refractivity contribution in [3.05, 3.63) is 53.0 Å². The lowest BCUT2D eigenvalue weighted by molar-refractivity contribution is -0.149. The van der Waals surface area contributed by atoms with E-state index in [1.54, 1.807) is 0 Å². The summed E-state index contributed by atoms with van der Waals surface area (Å²) < 4.78 is 67.0. The molecule has 1 aliphatic heterocycles. The molecule has 3 aromatic rings. The van der Waals surface area contributed by atoms with Gasteiger partial charge in [0.2, 0.25) is 0 Å². The van der Waals surface area contributed by atoms with Crippen LogP contribution in [-0.2, 0) is 13.1 Å². The van der Waals surface area contributed by atoms with E-state index in [1.807, 2.05) is 5.32 Å². The number of fused-ring (bicyclic) bond motifs is 2. The second-order valence-electron chi connectivity index (χ2n) is 7.20. The Morgan fingerprint density at radius 2 is 1.97 bits per heavy atom. The lowest BCUT2D eigenvalue weighted by Gasteiger charge is -2.28. The summed E-state index contributed by atoms with van der Waals surface area (Å²) in [5.41, 5.74) is 0.466. The maximum absolute atomic E-state index is 13.9. The van der Waals surface area contributed by atoms with E-state index in [2.05, 4.69) is 10.1 Å². The van der Waals surface area contributed by atoms with Gasteiger partial charge in [-0.1, -0.05) is 0 Å². The minimum absolute atomic E-state index is 0.0177. The first-order valence-corrected chi connectivity index (χ1v) is 9.24. The van der Waals surface area contributed by atoms with Crippen molar-refractivity contribution in [1.29, 1.82) is 0 Å². The fourth-order valence-corrected chi connectivity index (χ4v) is 3.39. The van der Waals surface area contributed by atoms with Gasteiger partial charge in [0, 0.05) is 17.4 Å². The number of aromatic nitrogens is 3. The number of carbonyl (C=O) groups excluding carboxylic acids is 2. The van der Waals surface area contributed by atoms with Gasteiger partial charge in [-0.15, -0.1) is 0 Å². The molecule has 0 spiro atoms. The van der Waals surface area contributed by atoms with Crippen LogP contribution in [-0.4, -0.2) is 50.2 Å². The third-order valence-corrected chi connectivity index (χ3v) is 5.16. The molecule has 2 N–H and O–H groups in total. The van der Waals surface area contributed by atoms with Crippen LogP contribution in [0.15, 0.2) is 24.4 Å². The number of benzene rings is 1. The highest BCUT2D eigenvalue weighted by molar-refractivity contribution is 5.99. The van der Waals surface area contributed by atoms with Crippen LogP contribution in [0.2, 0.25) is 0 Å². The van der Waals surface area contributed by atoms with Gasteiger partial charge in [-0.05, 0) is 25.1 Å². The third-order valence-electron chi connectivity index (χ3n) is 5.16. The number of halogens is 5. The predicted octanol–water partition coefficient (Wildman–Crippen LogP) is 2.98. The molecule has 3 heterocycles. The molecule has 4 rings (SSSR count). The third kappa shape index (κ3) is 3.73. The van der Waals surface area contributed by atoms with Crippen LogP contribution in [0.25, 0.3) is 10.9 Å². The summed E-state index contributed by atoms with van der Waals surface area (Å²) in [6, 6.07) is 1.38. The smallest absolute Gasteiger partial charge is 0.350 e. The molecule has 12 heteroatoms. The van der Waals surface area contributed by atoms with Crippen molar-refractivity contribution < 1.29 is 31.5 Å². The maximum atomic E-state index is 13.9. The molecular formula is C19H16F5N5O2. The van der Waals surface area contributed by atoms with Crippen molar-refractivity contribution in [2.24, 2.45) is 0 Å². The van der Waals surface area contributed by atoms with Gasteiger partial charge in [0.1, 0.15) is 11.7 Å². The molecule has 164 valence electrons. The highest BCUT2D eigenvalue weighted by atomic mass is 19.4. The number of carbonyl (C=O) groups is 2. The quantitative estimate of drug-likeness (QED) is 0.614. The van der Waals surface area contributed by atoms with E-state index in [1.165, 1.54) is 21.7 Å². The van der Waals surface area contributed by atoms with Crippen LogP contribution in [0.1, 0.15) is 33.5 Å². The molecule has 2 amide bonds. The van der Waals surface area contributed by atoms with Crippen LogP contribution < -0.4 is 5.32 Å².